The van der Waals surface area contributed by atoms with E-state index in [1.807, 2.05) is 0 Å². The first-order chi connectivity index (χ1) is 6.07. The summed E-state index contributed by atoms with van der Waals surface area (Å²) in [5.41, 5.74) is 0. The van der Waals surface area contributed by atoms with Crippen molar-refractivity contribution in [2.45, 2.75) is 6.92 Å². The summed E-state index contributed by atoms with van der Waals surface area (Å²) in [6.07, 6.45) is 1.43. The summed E-state index contributed by atoms with van der Waals surface area (Å²) in [6.45, 7) is 4.99. The number of carbonyl (C=O) groups is 3. The number of nitrogens with one attached hydrogen (secondary N) is 1. The maximum atomic E-state index is 11.3. The molecule has 1 aliphatic heterocycles. The Labute approximate surface area is 75.4 Å². The molecule has 0 saturated carbocycles. The van der Waals surface area contributed by atoms with E-state index in [-0.39, 0.29) is 6.54 Å². The first-order valence-electron chi connectivity index (χ1n) is 3.85. The quantitative estimate of drug-likeness (QED) is 0.478. The molecule has 0 radical (unpaired) electrons. The van der Waals surface area contributed by atoms with Crippen molar-refractivity contribution >= 4 is 17.8 Å². The molecule has 1 fully saturated rings. The Kier molecular flexibility index (Phi) is 2.46. The van der Waals surface area contributed by atoms with Crippen molar-refractivity contribution < 1.29 is 14.4 Å². The lowest BCUT2D eigenvalue weighted by Crippen LogP contribution is -2.57. The van der Waals surface area contributed by atoms with Gasteiger partial charge in [0.25, 0.3) is 0 Å². The number of nitrogens with zero attached hydrogens (tertiary/aromatic N) is 1. The van der Waals surface area contributed by atoms with Crippen LogP contribution in [-0.4, -0.2) is 29.3 Å². The maximum Gasteiger partial charge on any atom is 0.331 e. The van der Waals surface area contributed by atoms with E-state index in [2.05, 4.69) is 11.9 Å². The molecule has 1 rings (SSSR count). The number of urea groups is 1. The number of carbonyl (C=O) groups excluding carboxylic acids is 3. The number of hydrogen-bond acceptors (Lipinski definition) is 3. The molecule has 0 bridgehead atoms. The van der Waals surface area contributed by atoms with E-state index >= 15 is 0 Å². The van der Waals surface area contributed by atoms with Crippen molar-refractivity contribution in [3.05, 3.63) is 12.7 Å². The summed E-state index contributed by atoms with van der Waals surface area (Å²) in [5, 5.41) is 2.07. The first-order valence-corrected chi connectivity index (χ1v) is 3.85. The number of imide groups is 2. The third-order valence-electron chi connectivity index (χ3n) is 1.82. The van der Waals surface area contributed by atoms with Crippen LogP contribution in [0.4, 0.5) is 4.79 Å². The molecule has 4 amide bonds. The highest BCUT2D eigenvalue weighted by atomic mass is 16.2. The van der Waals surface area contributed by atoms with Gasteiger partial charge in [0, 0.05) is 6.54 Å². The minimum Gasteiger partial charge on any atom is -0.277 e. The highest BCUT2D eigenvalue weighted by Crippen LogP contribution is 2.08. The molecule has 0 spiro atoms. The van der Waals surface area contributed by atoms with E-state index in [4.69, 9.17) is 0 Å². The minimum atomic E-state index is -0.794. The predicted octanol–water partition coefficient (Wildman–Crippen LogP) is -0.113. The van der Waals surface area contributed by atoms with Gasteiger partial charge in [0.1, 0.15) is 5.92 Å². The van der Waals surface area contributed by atoms with Crippen molar-refractivity contribution in [3.63, 3.8) is 0 Å². The average Bonchev–Trinajstić information content (AvgIpc) is 2.09. The van der Waals surface area contributed by atoms with Crippen molar-refractivity contribution in [1.29, 1.82) is 0 Å². The first kappa shape index (κ1) is 9.44. The Hall–Kier alpha value is -1.65. The van der Waals surface area contributed by atoms with Crippen molar-refractivity contribution in [3.8, 4) is 0 Å². The second kappa shape index (κ2) is 3.38. The second-order valence-electron chi connectivity index (χ2n) is 2.75. The molecule has 13 heavy (non-hydrogen) atoms. The zero-order valence-electron chi connectivity index (χ0n) is 7.24. The van der Waals surface area contributed by atoms with Crippen LogP contribution in [0.5, 0.6) is 0 Å². The molecular formula is C8H10N2O3. The van der Waals surface area contributed by atoms with Gasteiger partial charge in [-0.1, -0.05) is 6.08 Å². The van der Waals surface area contributed by atoms with Crippen LogP contribution in [0, 0.1) is 5.92 Å². The van der Waals surface area contributed by atoms with Crippen LogP contribution < -0.4 is 5.32 Å². The lowest BCUT2D eigenvalue weighted by Gasteiger charge is -2.27. The van der Waals surface area contributed by atoms with E-state index < -0.39 is 23.8 Å². The topological polar surface area (TPSA) is 66.5 Å². The van der Waals surface area contributed by atoms with Gasteiger partial charge in [0.2, 0.25) is 11.8 Å². The summed E-state index contributed by atoms with van der Waals surface area (Å²) in [7, 11) is 0. The molecule has 1 N–H and O–H groups in total. The van der Waals surface area contributed by atoms with E-state index in [1.54, 1.807) is 0 Å². The monoisotopic (exact) mass is 182 g/mol. The Bertz CT molecular complexity index is 285. The minimum absolute atomic E-state index is 0.127. The largest absolute Gasteiger partial charge is 0.331 e. The molecule has 5 heteroatoms. The maximum absolute atomic E-state index is 11.3. The summed E-state index contributed by atoms with van der Waals surface area (Å²) in [6, 6.07) is -0.673. The van der Waals surface area contributed by atoms with E-state index in [0.29, 0.717) is 0 Å². The normalized spacial score (nSPS) is 23.0. The lowest BCUT2D eigenvalue weighted by atomic mass is 10.1. The number of hydrogen-bond donors (Lipinski definition) is 1. The predicted molar refractivity (Wildman–Crippen MR) is 44.6 cm³/mol. The van der Waals surface area contributed by atoms with Gasteiger partial charge >= 0.3 is 6.03 Å². The van der Waals surface area contributed by atoms with Gasteiger partial charge in [0.15, 0.2) is 0 Å². The Morgan fingerprint density at radius 1 is 1.54 bits per heavy atom. The van der Waals surface area contributed by atoms with Gasteiger partial charge in [-0.05, 0) is 6.92 Å². The van der Waals surface area contributed by atoms with Crippen LogP contribution in [-0.2, 0) is 9.59 Å². The highest BCUT2D eigenvalue weighted by molar-refractivity contribution is 6.15. The smallest absolute Gasteiger partial charge is 0.277 e. The fourth-order valence-corrected chi connectivity index (χ4v) is 1.03. The zero-order valence-corrected chi connectivity index (χ0v) is 7.24. The molecule has 0 aromatic rings. The number of amides is 4. The summed E-state index contributed by atoms with van der Waals surface area (Å²) in [4.78, 5) is 34.3. The Balaban J connectivity index is 2.85. The van der Waals surface area contributed by atoms with Crippen LogP contribution in [0.25, 0.3) is 0 Å². The van der Waals surface area contributed by atoms with Crippen LogP contribution >= 0.6 is 0 Å². The molecule has 1 atom stereocenters. The van der Waals surface area contributed by atoms with Gasteiger partial charge in [-0.15, -0.1) is 6.58 Å². The molecular weight excluding hydrogens is 172 g/mol. The molecule has 1 unspecified atom stereocenters. The third kappa shape index (κ3) is 1.58. The van der Waals surface area contributed by atoms with E-state index in [0.717, 1.165) is 4.90 Å². The average molecular weight is 182 g/mol. The van der Waals surface area contributed by atoms with Gasteiger partial charge in [-0.25, -0.2) is 4.79 Å². The molecule has 70 valence electrons. The molecule has 0 aliphatic carbocycles. The van der Waals surface area contributed by atoms with Crippen molar-refractivity contribution in [2.24, 2.45) is 5.92 Å². The van der Waals surface area contributed by atoms with Crippen molar-refractivity contribution in [2.75, 3.05) is 6.54 Å². The fraction of sp³-hybridized carbons (Fsp3) is 0.375. The summed E-state index contributed by atoms with van der Waals surface area (Å²) >= 11 is 0. The Morgan fingerprint density at radius 2 is 2.15 bits per heavy atom. The molecule has 1 saturated heterocycles. The highest BCUT2D eigenvalue weighted by Gasteiger charge is 2.36. The zero-order chi connectivity index (χ0) is 10.0. The standard InChI is InChI=1S/C8H10N2O3/c1-3-4-10-7(12)5(2)6(11)9-8(10)13/h3,5H,1,4H2,2H3,(H,9,11,13). The van der Waals surface area contributed by atoms with Crippen molar-refractivity contribution in [1.82, 2.24) is 10.2 Å². The van der Waals surface area contributed by atoms with E-state index in [9.17, 15) is 14.4 Å². The summed E-state index contributed by atoms with van der Waals surface area (Å²) < 4.78 is 0. The number of rotatable bonds is 2. The van der Waals surface area contributed by atoms with Crippen LogP contribution in [0.15, 0.2) is 12.7 Å². The molecule has 5 nitrogen and oxygen atoms in total. The van der Waals surface area contributed by atoms with Crippen LogP contribution in [0.1, 0.15) is 6.92 Å². The molecule has 0 aromatic heterocycles. The molecule has 0 aromatic carbocycles. The second-order valence-corrected chi connectivity index (χ2v) is 2.75. The van der Waals surface area contributed by atoms with E-state index in [1.165, 1.54) is 13.0 Å². The third-order valence-corrected chi connectivity index (χ3v) is 1.82. The lowest BCUT2D eigenvalue weighted by molar-refractivity contribution is -0.141. The van der Waals surface area contributed by atoms with Crippen LogP contribution in [0.3, 0.4) is 0 Å². The van der Waals surface area contributed by atoms with Gasteiger partial charge in [0.05, 0.1) is 0 Å². The van der Waals surface area contributed by atoms with Gasteiger partial charge in [-0.3, -0.25) is 19.8 Å². The Morgan fingerprint density at radius 3 is 2.69 bits per heavy atom. The van der Waals surface area contributed by atoms with Gasteiger partial charge in [-0.2, -0.15) is 0 Å². The molecule has 1 heterocycles. The van der Waals surface area contributed by atoms with Crippen LogP contribution in [0.2, 0.25) is 0 Å². The SMILES string of the molecule is C=CCN1C(=O)NC(=O)C(C)C1=O. The summed E-state index contributed by atoms with van der Waals surface area (Å²) in [5.74, 6) is -1.82. The number of barbiturate groups is 1. The molecule has 1 aliphatic rings. The van der Waals surface area contributed by atoms with Gasteiger partial charge < -0.3 is 0 Å². The fourth-order valence-electron chi connectivity index (χ4n) is 1.03.